The molecular formula is C18H18N4OS. The van der Waals surface area contributed by atoms with Crippen LogP contribution in [0, 0.1) is 17.3 Å². The summed E-state index contributed by atoms with van der Waals surface area (Å²) < 4.78 is 0. The third-order valence-electron chi connectivity index (χ3n) is 4.01. The third kappa shape index (κ3) is 2.91. The molecule has 6 heteroatoms. The van der Waals surface area contributed by atoms with Crippen molar-refractivity contribution in [3.63, 3.8) is 0 Å². The maximum Gasteiger partial charge on any atom is 0.231 e. The Morgan fingerprint density at radius 1 is 1.46 bits per heavy atom. The van der Waals surface area contributed by atoms with Crippen molar-refractivity contribution in [2.75, 3.05) is 7.05 Å². The lowest BCUT2D eigenvalue weighted by Gasteiger charge is -2.37. The van der Waals surface area contributed by atoms with Gasteiger partial charge in [-0.05, 0) is 26.0 Å². The highest BCUT2D eigenvalue weighted by molar-refractivity contribution is 7.10. The summed E-state index contributed by atoms with van der Waals surface area (Å²) in [7, 11) is 1.60. The molecule has 2 heterocycles. The van der Waals surface area contributed by atoms with Crippen molar-refractivity contribution in [1.82, 2.24) is 15.2 Å². The molecule has 24 heavy (non-hydrogen) atoms. The van der Waals surface area contributed by atoms with Crippen LogP contribution in [0.15, 0.2) is 29.6 Å². The number of thiazole rings is 1. The van der Waals surface area contributed by atoms with Gasteiger partial charge in [0.05, 0.1) is 17.7 Å². The van der Waals surface area contributed by atoms with Crippen molar-refractivity contribution in [1.29, 1.82) is 5.41 Å². The smallest absolute Gasteiger partial charge is 0.231 e. The predicted molar refractivity (Wildman–Crippen MR) is 95.7 cm³/mol. The standard InChI is InChI=1S/C18H18N4OS/c1-4-6-12-7-5-8-13(9-12)14-11-24-16(20-14)18(2)10-15(23)22(3)17(19)21-18/h5,7-9,11H,10H2,1-3H3,(H2,19,21)/t18-/m0/s1. The molecule has 0 bridgehead atoms. The monoisotopic (exact) mass is 338 g/mol. The summed E-state index contributed by atoms with van der Waals surface area (Å²) in [6.07, 6.45) is 0.278. The zero-order chi connectivity index (χ0) is 17.3. The van der Waals surface area contributed by atoms with Gasteiger partial charge in [-0.2, -0.15) is 0 Å². The second-order valence-corrected chi connectivity index (χ2v) is 6.79. The normalized spacial score (nSPS) is 20.4. The molecule has 0 aliphatic carbocycles. The molecule has 2 N–H and O–H groups in total. The van der Waals surface area contributed by atoms with E-state index in [0.717, 1.165) is 21.8 Å². The Bertz CT molecular complexity index is 856. The van der Waals surface area contributed by atoms with Crippen LogP contribution in [0.25, 0.3) is 11.3 Å². The zero-order valence-corrected chi connectivity index (χ0v) is 14.6. The fraction of sp³-hybridized carbons (Fsp3) is 0.278. The van der Waals surface area contributed by atoms with E-state index >= 15 is 0 Å². The van der Waals surface area contributed by atoms with Crippen LogP contribution in [0.3, 0.4) is 0 Å². The molecule has 0 unspecified atom stereocenters. The number of aromatic nitrogens is 1. The topological polar surface area (TPSA) is 69.1 Å². The SMILES string of the molecule is CC#Cc1cccc(-c2csc([C@]3(C)CC(=O)N(C)C(=N)N3)n2)c1. The molecule has 1 aromatic carbocycles. The third-order valence-corrected chi connectivity index (χ3v) is 5.12. The largest absolute Gasteiger partial charge is 0.344 e. The van der Waals surface area contributed by atoms with E-state index in [0.29, 0.717) is 0 Å². The number of amides is 1. The molecule has 5 nitrogen and oxygen atoms in total. The quantitative estimate of drug-likeness (QED) is 0.827. The number of nitrogens with zero attached hydrogens (tertiary/aromatic N) is 2. The summed E-state index contributed by atoms with van der Waals surface area (Å²) >= 11 is 1.50. The van der Waals surface area contributed by atoms with E-state index in [2.05, 4.69) is 17.2 Å². The Balaban J connectivity index is 1.93. The van der Waals surface area contributed by atoms with Crippen LogP contribution in [-0.4, -0.2) is 28.8 Å². The minimum Gasteiger partial charge on any atom is -0.344 e. The number of rotatable bonds is 2. The van der Waals surface area contributed by atoms with Gasteiger partial charge in [-0.3, -0.25) is 15.1 Å². The van der Waals surface area contributed by atoms with Crippen LogP contribution in [0.4, 0.5) is 0 Å². The summed E-state index contributed by atoms with van der Waals surface area (Å²) in [6.45, 7) is 3.72. The lowest BCUT2D eigenvalue weighted by Crippen LogP contribution is -2.58. The van der Waals surface area contributed by atoms with Crippen LogP contribution in [0.2, 0.25) is 0 Å². The lowest BCUT2D eigenvalue weighted by atomic mass is 9.95. The number of carbonyl (C=O) groups excluding carboxylic acids is 1. The molecule has 1 aromatic heterocycles. The lowest BCUT2D eigenvalue weighted by molar-refractivity contribution is -0.129. The maximum atomic E-state index is 12.1. The van der Waals surface area contributed by atoms with Gasteiger partial charge >= 0.3 is 0 Å². The summed E-state index contributed by atoms with van der Waals surface area (Å²) in [6, 6.07) is 7.93. The van der Waals surface area contributed by atoms with Crippen LogP contribution in [0.1, 0.15) is 30.8 Å². The maximum absolute atomic E-state index is 12.1. The van der Waals surface area contributed by atoms with Gasteiger partial charge in [0.15, 0.2) is 5.96 Å². The zero-order valence-electron chi connectivity index (χ0n) is 13.8. The first kappa shape index (κ1) is 16.2. The number of nitrogens with one attached hydrogen (secondary N) is 2. The molecule has 1 atom stereocenters. The van der Waals surface area contributed by atoms with Gasteiger partial charge < -0.3 is 5.32 Å². The molecule has 1 saturated heterocycles. The molecule has 1 aliphatic heterocycles. The first-order valence-corrected chi connectivity index (χ1v) is 8.43. The Kier molecular flexibility index (Phi) is 4.12. The van der Waals surface area contributed by atoms with E-state index in [1.165, 1.54) is 16.2 Å². The van der Waals surface area contributed by atoms with E-state index in [1.807, 2.05) is 43.5 Å². The molecule has 3 rings (SSSR count). The van der Waals surface area contributed by atoms with Crippen molar-refractivity contribution in [3.8, 4) is 23.1 Å². The van der Waals surface area contributed by atoms with Crippen LogP contribution < -0.4 is 5.32 Å². The van der Waals surface area contributed by atoms with E-state index in [1.54, 1.807) is 7.05 Å². The van der Waals surface area contributed by atoms with Gasteiger partial charge in [-0.15, -0.1) is 17.3 Å². The van der Waals surface area contributed by atoms with Crippen LogP contribution in [0.5, 0.6) is 0 Å². The van der Waals surface area contributed by atoms with Crippen LogP contribution in [-0.2, 0) is 10.3 Å². The van der Waals surface area contributed by atoms with Crippen molar-refractivity contribution in [2.45, 2.75) is 25.8 Å². The second kappa shape index (κ2) is 6.10. The Hall–Kier alpha value is -2.65. The number of hydrogen-bond acceptors (Lipinski definition) is 4. The van der Waals surface area contributed by atoms with Crippen molar-refractivity contribution >= 4 is 23.2 Å². The van der Waals surface area contributed by atoms with Gasteiger partial charge in [0.25, 0.3) is 0 Å². The molecule has 1 fully saturated rings. The van der Waals surface area contributed by atoms with Gasteiger partial charge in [0, 0.05) is 23.6 Å². The minimum atomic E-state index is -0.648. The number of guanidine groups is 1. The van der Waals surface area contributed by atoms with Gasteiger partial charge in [0.1, 0.15) is 5.01 Å². The van der Waals surface area contributed by atoms with E-state index in [-0.39, 0.29) is 18.3 Å². The average Bonchev–Trinajstić information content (AvgIpc) is 3.04. The number of benzene rings is 1. The fourth-order valence-electron chi connectivity index (χ4n) is 2.62. The van der Waals surface area contributed by atoms with Crippen molar-refractivity contribution < 1.29 is 4.79 Å². The Labute approximate surface area is 145 Å². The van der Waals surface area contributed by atoms with Crippen molar-refractivity contribution in [3.05, 3.63) is 40.2 Å². The van der Waals surface area contributed by atoms with E-state index in [9.17, 15) is 4.79 Å². The van der Waals surface area contributed by atoms with Gasteiger partial charge in [-0.1, -0.05) is 18.1 Å². The molecule has 0 spiro atoms. The summed E-state index contributed by atoms with van der Waals surface area (Å²) in [4.78, 5) is 18.1. The predicted octanol–water partition coefficient (Wildman–Crippen LogP) is 2.78. The highest BCUT2D eigenvalue weighted by Gasteiger charge is 2.40. The highest BCUT2D eigenvalue weighted by Crippen LogP contribution is 2.33. The average molecular weight is 338 g/mol. The van der Waals surface area contributed by atoms with Crippen LogP contribution >= 0.6 is 11.3 Å². The molecule has 1 aliphatic rings. The second-order valence-electron chi connectivity index (χ2n) is 5.93. The molecule has 2 aromatic rings. The minimum absolute atomic E-state index is 0.0850. The summed E-state index contributed by atoms with van der Waals surface area (Å²) in [5.41, 5.74) is 2.15. The molecular weight excluding hydrogens is 320 g/mol. The first-order chi connectivity index (χ1) is 11.4. The van der Waals surface area contributed by atoms with Gasteiger partial charge in [0.2, 0.25) is 5.91 Å². The summed E-state index contributed by atoms with van der Waals surface area (Å²) in [5, 5.41) is 13.8. The Morgan fingerprint density at radius 2 is 2.25 bits per heavy atom. The Morgan fingerprint density at radius 3 is 2.96 bits per heavy atom. The van der Waals surface area contributed by atoms with Gasteiger partial charge in [-0.25, -0.2) is 4.98 Å². The number of carbonyl (C=O) groups is 1. The first-order valence-electron chi connectivity index (χ1n) is 7.55. The van der Waals surface area contributed by atoms with E-state index in [4.69, 9.17) is 10.4 Å². The molecule has 0 radical (unpaired) electrons. The van der Waals surface area contributed by atoms with E-state index < -0.39 is 5.54 Å². The number of hydrogen-bond donors (Lipinski definition) is 2. The molecule has 122 valence electrons. The summed E-state index contributed by atoms with van der Waals surface area (Å²) in [5.74, 6) is 5.96. The molecule has 1 amide bonds. The highest BCUT2D eigenvalue weighted by atomic mass is 32.1. The fourth-order valence-corrected chi connectivity index (χ4v) is 3.57. The van der Waals surface area contributed by atoms with Crippen molar-refractivity contribution in [2.24, 2.45) is 0 Å². The molecule has 0 saturated carbocycles.